The molecule has 2 rings (SSSR count). The van der Waals surface area contributed by atoms with Gasteiger partial charge in [0.05, 0.1) is 12.2 Å². The predicted octanol–water partition coefficient (Wildman–Crippen LogP) is 3.81. The Morgan fingerprint density at radius 3 is 2.58 bits per heavy atom. The van der Waals surface area contributed by atoms with Gasteiger partial charge in [0.25, 0.3) is 5.91 Å². The molecule has 1 aromatic heterocycles. The summed E-state index contributed by atoms with van der Waals surface area (Å²) in [4.78, 5) is 27.6. The third kappa shape index (κ3) is 4.14. The van der Waals surface area contributed by atoms with Crippen LogP contribution in [0.4, 0.5) is 10.7 Å². The zero-order chi connectivity index (χ0) is 17.7. The number of hydrogen-bond donors (Lipinski definition) is 1. The van der Waals surface area contributed by atoms with Gasteiger partial charge >= 0.3 is 5.97 Å². The molecule has 24 heavy (non-hydrogen) atoms. The molecular formula is C18H22N2O3S. The van der Waals surface area contributed by atoms with E-state index in [4.69, 9.17) is 4.74 Å². The number of carbonyl (C=O) groups excluding carboxylic acids is 2. The Kier molecular flexibility index (Phi) is 5.98. The Bertz CT molecular complexity index is 738. The molecule has 0 fully saturated rings. The number of rotatable bonds is 6. The van der Waals surface area contributed by atoms with Gasteiger partial charge in [0.1, 0.15) is 5.00 Å². The van der Waals surface area contributed by atoms with Gasteiger partial charge in [-0.25, -0.2) is 4.79 Å². The minimum Gasteiger partial charge on any atom is -0.462 e. The fourth-order valence-corrected chi connectivity index (χ4v) is 3.15. The van der Waals surface area contributed by atoms with E-state index in [1.165, 1.54) is 11.3 Å². The Labute approximate surface area is 146 Å². The average Bonchev–Trinajstić information content (AvgIpc) is 2.98. The highest BCUT2D eigenvalue weighted by atomic mass is 32.1. The number of ether oxygens (including phenoxy) is 1. The smallest absolute Gasteiger partial charge is 0.341 e. The highest BCUT2D eigenvalue weighted by Crippen LogP contribution is 2.30. The van der Waals surface area contributed by atoms with Crippen LogP contribution in [0.3, 0.4) is 0 Å². The molecule has 1 heterocycles. The Morgan fingerprint density at radius 2 is 1.96 bits per heavy atom. The molecule has 1 amide bonds. The number of carbonyl (C=O) groups is 2. The predicted molar refractivity (Wildman–Crippen MR) is 98.4 cm³/mol. The summed E-state index contributed by atoms with van der Waals surface area (Å²) in [5, 5.41) is 3.38. The van der Waals surface area contributed by atoms with Crippen molar-refractivity contribution in [3.8, 4) is 0 Å². The molecule has 2 aromatic rings. The SMILES string of the molecule is CCOC(=O)c1cc(CC)sc1NC(=O)c1cccc(N(C)C)c1. The van der Waals surface area contributed by atoms with E-state index in [2.05, 4.69) is 5.32 Å². The molecule has 128 valence electrons. The molecule has 1 aromatic carbocycles. The van der Waals surface area contributed by atoms with Gasteiger partial charge in [-0.2, -0.15) is 0 Å². The van der Waals surface area contributed by atoms with Gasteiger partial charge in [-0.05, 0) is 37.6 Å². The summed E-state index contributed by atoms with van der Waals surface area (Å²) in [6.07, 6.45) is 0.795. The van der Waals surface area contributed by atoms with Gasteiger partial charge in [-0.3, -0.25) is 4.79 Å². The Hall–Kier alpha value is -2.34. The van der Waals surface area contributed by atoms with E-state index in [0.717, 1.165) is 17.0 Å². The topological polar surface area (TPSA) is 58.6 Å². The summed E-state index contributed by atoms with van der Waals surface area (Å²) in [5.74, 6) is -0.653. The van der Waals surface area contributed by atoms with Crippen molar-refractivity contribution >= 4 is 33.9 Å². The van der Waals surface area contributed by atoms with Crippen LogP contribution in [-0.2, 0) is 11.2 Å². The highest BCUT2D eigenvalue weighted by molar-refractivity contribution is 7.16. The van der Waals surface area contributed by atoms with E-state index in [-0.39, 0.29) is 5.91 Å². The maximum atomic E-state index is 12.5. The number of esters is 1. The van der Waals surface area contributed by atoms with Gasteiger partial charge in [0.15, 0.2) is 0 Å². The lowest BCUT2D eigenvalue weighted by Crippen LogP contribution is -2.15. The van der Waals surface area contributed by atoms with E-state index in [1.54, 1.807) is 19.1 Å². The number of hydrogen-bond acceptors (Lipinski definition) is 5. The number of benzene rings is 1. The maximum absolute atomic E-state index is 12.5. The van der Waals surface area contributed by atoms with Crippen molar-refractivity contribution in [3.05, 3.63) is 46.3 Å². The largest absolute Gasteiger partial charge is 0.462 e. The van der Waals surface area contributed by atoms with Crippen LogP contribution >= 0.6 is 11.3 Å². The number of nitrogens with zero attached hydrogens (tertiary/aromatic N) is 1. The van der Waals surface area contributed by atoms with Gasteiger partial charge in [-0.15, -0.1) is 11.3 Å². The molecular weight excluding hydrogens is 324 g/mol. The molecule has 5 nitrogen and oxygen atoms in total. The minimum absolute atomic E-state index is 0.242. The van der Waals surface area contributed by atoms with E-state index >= 15 is 0 Å². The molecule has 0 unspecified atom stereocenters. The summed E-state index contributed by atoms with van der Waals surface area (Å²) in [6.45, 7) is 4.07. The third-order valence-corrected chi connectivity index (χ3v) is 4.67. The van der Waals surface area contributed by atoms with Crippen LogP contribution in [-0.4, -0.2) is 32.6 Å². The Balaban J connectivity index is 2.26. The van der Waals surface area contributed by atoms with E-state index in [0.29, 0.717) is 22.7 Å². The molecule has 0 spiro atoms. The van der Waals surface area contributed by atoms with E-state index < -0.39 is 5.97 Å². The number of aryl methyl sites for hydroxylation is 1. The van der Waals surface area contributed by atoms with Crippen molar-refractivity contribution in [2.45, 2.75) is 20.3 Å². The summed E-state index contributed by atoms with van der Waals surface area (Å²) in [6, 6.07) is 9.12. The first kappa shape index (κ1) is 18.0. The molecule has 0 atom stereocenters. The zero-order valence-corrected chi connectivity index (χ0v) is 15.2. The first-order valence-electron chi connectivity index (χ1n) is 7.84. The fourth-order valence-electron chi connectivity index (χ4n) is 2.17. The molecule has 0 bridgehead atoms. The average molecular weight is 346 g/mol. The van der Waals surface area contributed by atoms with Gasteiger partial charge in [0.2, 0.25) is 0 Å². The standard InChI is InChI=1S/C18H22N2O3S/c1-5-14-11-15(18(22)23-6-2)17(24-14)19-16(21)12-8-7-9-13(10-12)20(3)4/h7-11H,5-6H2,1-4H3,(H,19,21). The minimum atomic E-state index is -0.411. The van der Waals surface area contributed by atoms with Crippen LogP contribution in [0, 0.1) is 0 Å². The van der Waals surface area contributed by atoms with Gasteiger partial charge in [-0.1, -0.05) is 13.0 Å². The quantitative estimate of drug-likeness (QED) is 0.808. The summed E-state index contributed by atoms with van der Waals surface area (Å²) in [7, 11) is 3.84. The molecule has 1 N–H and O–H groups in total. The number of amides is 1. The van der Waals surface area contributed by atoms with Crippen molar-refractivity contribution in [3.63, 3.8) is 0 Å². The number of thiophene rings is 1. The lowest BCUT2D eigenvalue weighted by atomic mass is 10.2. The molecule has 0 saturated heterocycles. The zero-order valence-electron chi connectivity index (χ0n) is 14.4. The first-order valence-corrected chi connectivity index (χ1v) is 8.66. The van der Waals surface area contributed by atoms with E-state index in [1.807, 2.05) is 44.1 Å². The van der Waals surface area contributed by atoms with Gasteiger partial charge < -0.3 is 15.0 Å². The Morgan fingerprint density at radius 1 is 1.21 bits per heavy atom. The second-order valence-corrected chi connectivity index (χ2v) is 6.57. The molecule has 0 saturated carbocycles. The van der Waals surface area contributed by atoms with E-state index in [9.17, 15) is 9.59 Å². The van der Waals surface area contributed by atoms with Gasteiger partial charge in [0, 0.05) is 30.2 Å². The summed E-state index contributed by atoms with van der Waals surface area (Å²) < 4.78 is 5.07. The molecule has 0 radical (unpaired) electrons. The molecule has 0 aliphatic rings. The summed E-state index contributed by atoms with van der Waals surface area (Å²) in [5.41, 5.74) is 1.90. The second kappa shape index (κ2) is 7.97. The van der Waals surface area contributed by atoms with Crippen molar-refractivity contribution < 1.29 is 14.3 Å². The van der Waals surface area contributed by atoms with Crippen molar-refractivity contribution in [1.29, 1.82) is 0 Å². The van der Waals surface area contributed by atoms with Crippen LogP contribution in [0.2, 0.25) is 0 Å². The normalized spacial score (nSPS) is 10.3. The van der Waals surface area contributed by atoms with Crippen LogP contribution in [0.15, 0.2) is 30.3 Å². The van der Waals surface area contributed by atoms with Crippen LogP contribution in [0.5, 0.6) is 0 Å². The van der Waals surface area contributed by atoms with Crippen molar-refractivity contribution in [2.24, 2.45) is 0 Å². The lowest BCUT2D eigenvalue weighted by Gasteiger charge is -2.13. The molecule has 0 aliphatic carbocycles. The second-order valence-electron chi connectivity index (χ2n) is 5.43. The molecule has 0 aliphatic heterocycles. The monoisotopic (exact) mass is 346 g/mol. The number of anilines is 2. The van der Waals surface area contributed by atoms with Crippen LogP contribution in [0.1, 0.15) is 39.4 Å². The van der Waals surface area contributed by atoms with Crippen LogP contribution < -0.4 is 10.2 Å². The van der Waals surface area contributed by atoms with Crippen LogP contribution in [0.25, 0.3) is 0 Å². The fraction of sp³-hybridized carbons (Fsp3) is 0.333. The molecule has 6 heteroatoms. The highest BCUT2D eigenvalue weighted by Gasteiger charge is 2.19. The maximum Gasteiger partial charge on any atom is 0.341 e. The van der Waals surface area contributed by atoms with Crippen molar-refractivity contribution in [2.75, 3.05) is 30.9 Å². The third-order valence-electron chi connectivity index (χ3n) is 3.48. The number of nitrogens with one attached hydrogen (secondary N) is 1. The lowest BCUT2D eigenvalue weighted by molar-refractivity contribution is 0.0528. The summed E-state index contributed by atoms with van der Waals surface area (Å²) >= 11 is 1.40. The first-order chi connectivity index (χ1) is 11.5. The van der Waals surface area contributed by atoms with Crippen molar-refractivity contribution in [1.82, 2.24) is 0 Å².